The Balaban J connectivity index is 1.74. The molecule has 20 heavy (non-hydrogen) atoms. The van der Waals surface area contributed by atoms with E-state index in [1.54, 1.807) is 23.1 Å². The molecular weight excluding hydrogens is 263 g/mol. The van der Waals surface area contributed by atoms with Crippen LogP contribution in [-0.4, -0.2) is 32.6 Å². The summed E-state index contributed by atoms with van der Waals surface area (Å²) in [7, 11) is 0. The Labute approximate surface area is 115 Å². The Morgan fingerprint density at radius 1 is 1.45 bits per heavy atom. The molecule has 0 bridgehead atoms. The van der Waals surface area contributed by atoms with Gasteiger partial charge in [0.25, 0.3) is 0 Å². The van der Waals surface area contributed by atoms with Crippen LogP contribution >= 0.6 is 0 Å². The van der Waals surface area contributed by atoms with Gasteiger partial charge in [0, 0.05) is 19.3 Å². The standard InChI is InChI=1S/C13H15FN4O2/c14-12-8-10(2-3-11(12)13(19)20)9-15-4-1-6-18-7-5-16-17-18/h2-3,5,7-8,15H,1,4,6,9H2,(H,19,20). The van der Waals surface area contributed by atoms with Crippen LogP contribution in [0.2, 0.25) is 0 Å². The summed E-state index contributed by atoms with van der Waals surface area (Å²) in [5, 5.41) is 19.4. The van der Waals surface area contributed by atoms with E-state index in [9.17, 15) is 9.18 Å². The average Bonchev–Trinajstić information content (AvgIpc) is 2.91. The Morgan fingerprint density at radius 2 is 2.30 bits per heavy atom. The number of hydrogen-bond acceptors (Lipinski definition) is 4. The van der Waals surface area contributed by atoms with Gasteiger partial charge < -0.3 is 10.4 Å². The molecule has 0 atom stereocenters. The highest BCUT2D eigenvalue weighted by Gasteiger charge is 2.09. The lowest BCUT2D eigenvalue weighted by Gasteiger charge is -2.06. The van der Waals surface area contributed by atoms with E-state index in [4.69, 9.17) is 5.11 Å². The second-order valence-electron chi connectivity index (χ2n) is 4.32. The highest BCUT2D eigenvalue weighted by molar-refractivity contribution is 5.87. The first-order chi connectivity index (χ1) is 9.66. The van der Waals surface area contributed by atoms with E-state index in [0.29, 0.717) is 12.1 Å². The zero-order valence-electron chi connectivity index (χ0n) is 10.8. The van der Waals surface area contributed by atoms with Gasteiger partial charge in [-0.05, 0) is 30.7 Å². The molecule has 7 heteroatoms. The fraction of sp³-hybridized carbons (Fsp3) is 0.308. The van der Waals surface area contributed by atoms with Crippen molar-refractivity contribution >= 4 is 5.97 Å². The summed E-state index contributed by atoms with van der Waals surface area (Å²) < 4.78 is 15.2. The van der Waals surface area contributed by atoms with E-state index in [0.717, 1.165) is 19.5 Å². The monoisotopic (exact) mass is 278 g/mol. The van der Waals surface area contributed by atoms with Gasteiger partial charge in [0.1, 0.15) is 5.82 Å². The lowest BCUT2D eigenvalue weighted by atomic mass is 10.1. The zero-order valence-corrected chi connectivity index (χ0v) is 10.8. The van der Waals surface area contributed by atoms with Crippen molar-refractivity contribution in [1.29, 1.82) is 0 Å². The number of hydrogen-bond donors (Lipinski definition) is 2. The van der Waals surface area contributed by atoms with Crippen molar-refractivity contribution in [1.82, 2.24) is 20.3 Å². The molecule has 1 aromatic carbocycles. The molecule has 2 N–H and O–H groups in total. The molecule has 0 radical (unpaired) electrons. The van der Waals surface area contributed by atoms with Crippen molar-refractivity contribution < 1.29 is 14.3 Å². The van der Waals surface area contributed by atoms with Gasteiger partial charge in [-0.3, -0.25) is 4.68 Å². The Kier molecular flexibility index (Phi) is 4.78. The van der Waals surface area contributed by atoms with Crippen molar-refractivity contribution in [3.63, 3.8) is 0 Å². The summed E-state index contributed by atoms with van der Waals surface area (Å²) in [6.07, 6.45) is 4.29. The third-order valence-corrected chi connectivity index (χ3v) is 2.81. The zero-order chi connectivity index (χ0) is 14.4. The van der Waals surface area contributed by atoms with E-state index >= 15 is 0 Å². The molecule has 1 aromatic heterocycles. The third kappa shape index (κ3) is 3.86. The van der Waals surface area contributed by atoms with Crippen LogP contribution in [0, 0.1) is 5.82 Å². The first-order valence-corrected chi connectivity index (χ1v) is 6.23. The fourth-order valence-corrected chi connectivity index (χ4v) is 1.79. The molecule has 0 aliphatic rings. The smallest absolute Gasteiger partial charge is 0.338 e. The molecule has 1 heterocycles. The Bertz CT molecular complexity index is 572. The third-order valence-electron chi connectivity index (χ3n) is 2.81. The average molecular weight is 278 g/mol. The molecule has 2 aromatic rings. The molecule has 0 saturated carbocycles. The maximum absolute atomic E-state index is 13.4. The second-order valence-corrected chi connectivity index (χ2v) is 4.32. The number of halogens is 1. The number of aryl methyl sites for hydroxylation is 1. The number of rotatable bonds is 7. The second kappa shape index (κ2) is 6.76. The number of benzene rings is 1. The first-order valence-electron chi connectivity index (χ1n) is 6.23. The lowest BCUT2D eigenvalue weighted by molar-refractivity contribution is 0.0692. The minimum absolute atomic E-state index is 0.306. The van der Waals surface area contributed by atoms with Crippen molar-refractivity contribution in [3.05, 3.63) is 47.5 Å². The summed E-state index contributed by atoms with van der Waals surface area (Å²) in [6, 6.07) is 4.13. The number of carboxylic acid groups (broad SMARTS) is 1. The summed E-state index contributed by atoms with van der Waals surface area (Å²) in [5.41, 5.74) is 0.410. The number of carboxylic acids is 1. The SMILES string of the molecule is O=C(O)c1ccc(CNCCCn2ccnn2)cc1F. The molecule has 2 rings (SSSR count). The summed E-state index contributed by atoms with van der Waals surface area (Å²) in [4.78, 5) is 10.7. The van der Waals surface area contributed by atoms with E-state index in [2.05, 4.69) is 15.6 Å². The van der Waals surface area contributed by atoms with Gasteiger partial charge in [-0.15, -0.1) is 5.10 Å². The van der Waals surface area contributed by atoms with Crippen molar-refractivity contribution in [2.24, 2.45) is 0 Å². The first kappa shape index (κ1) is 14.1. The lowest BCUT2D eigenvalue weighted by Crippen LogP contribution is -2.17. The number of nitrogens with zero attached hydrogens (tertiary/aromatic N) is 3. The largest absolute Gasteiger partial charge is 0.478 e. The Morgan fingerprint density at radius 3 is 2.95 bits per heavy atom. The van der Waals surface area contributed by atoms with Crippen molar-refractivity contribution in [3.8, 4) is 0 Å². The van der Waals surface area contributed by atoms with Gasteiger partial charge in [-0.2, -0.15) is 0 Å². The van der Waals surface area contributed by atoms with Crippen LogP contribution in [0.1, 0.15) is 22.3 Å². The molecule has 0 fully saturated rings. The van der Waals surface area contributed by atoms with Gasteiger partial charge >= 0.3 is 5.97 Å². The molecular formula is C13H15FN4O2. The Hall–Kier alpha value is -2.28. The molecule has 0 aliphatic heterocycles. The minimum atomic E-state index is -1.25. The van der Waals surface area contributed by atoms with Crippen LogP contribution < -0.4 is 5.32 Å². The van der Waals surface area contributed by atoms with Gasteiger partial charge in [-0.1, -0.05) is 11.3 Å². The van der Waals surface area contributed by atoms with Crippen LogP contribution in [-0.2, 0) is 13.1 Å². The van der Waals surface area contributed by atoms with Gasteiger partial charge in [0.15, 0.2) is 0 Å². The highest BCUT2D eigenvalue weighted by atomic mass is 19.1. The van der Waals surface area contributed by atoms with E-state index in [-0.39, 0.29) is 5.56 Å². The molecule has 6 nitrogen and oxygen atoms in total. The van der Waals surface area contributed by atoms with Crippen LogP contribution in [0.5, 0.6) is 0 Å². The molecule has 0 spiro atoms. The summed E-state index contributed by atoms with van der Waals surface area (Å²) in [5.74, 6) is -1.96. The van der Waals surface area contributed by atoms with E-state index in [1.165, 1.54) is 12.1 Å². The van der Waals surface area contributed by atoms with Crippen LogP contribution in [0.3, 0.4) is 0 Å². The predicted octanol–water partition coefficient (Wildman–Crippen LogP) is 1.30. The number of aromatic nitrogens is 3. The van der Waals surface area contributed by atoms with Crippen LogP contribution in [0.15, 0.2) is 30.6 Å². The van der Waals surface area contributed by atoms with Crippen molar-refractivity contribution in [2.75, 3.05) is 6.54 Å². The topological polar surface area (TPSA) is 80.0 Å². The number of carbonyl (C=O) groups is 1. The van der Waals surface area contributed by atoms with Gasteiger partial charge in [0.05, 0.1) is 11.8 Å². The molecule has 106 valence electrons. The van der Waals surface area contributed by atoms with Gasteiger partial charge in [-0.25, -0.2) is 9.18 Å². The quantitative estimate of drug-likeness (QED) is 0.746. The normalized spacial score (nSPS) is 10.7. The van der Waals surface area contributed by atoms with E-state index in [1.807, 2.05) is 0 Å². The maximum atomic E-state index is 13.4. The minimum Gasteiger partial charge on any atom is -0.478 e. The van der Waals surface area contributed by atoms with Gasteiger partial charge in [0.2, 0.25) is 0 Å². The molecule has 0 unspecified atom stereocenters. The summed E-state index contributed by atoms with van der Waals surface area (Å²) >= 11 is 0. The van der Waals surface area contributed by atoms with E-state index < -0.39 is 11.8 Å². The summed E-state index contributed by atoms with van der Waals surface area (Å²) in [6.45, 7) is 2.01. The van der Waals surface area contributed by atoms with Crippen LogP contribution in [0.25, 0.3) is 0 Å². The molecule has 0 aliphatic carbocycles. The molecule has 0 amide bonds. The van der Waals surface area contributed by atoms with Crippen molar-refractivity contribution in [2.45, 2.75) is 19.5 Å². The fourth-order valence-electron chi connectivity index (χ4n) is 1.79. The van der Waals surface area contributed by atoms with Crippen LogP contribution in [0.4, 0.5) is 4.39 Å². The highest BCUT2D eigenvalue weighted by Crippen LogP contribution is 2.10. The maximum Gasteiger partial charge on any atom is 0.338 e. The predicted molar refractivity (Wildman–Crippen MR) is 69.7 cm³/mol. The number of aromatic carboxylic acids is 1. The number of nitrogens with one attached hydrogen (secondary N) is 1. The molecule has 0 saturated heterocycles.